The van der Waals surface area contributed by atoms with Gasteiger partial charge in [0.25, 0.3) is 0 Å². The molecule has 2 amide bonds. The third-order valence-electron chi connectivity index (χ3n) is 7.32. The van der Waals surface area contributed by atoms with Gasteiger partial charge < -0.3 is 10.2 Å². The van der Waals surface area contributed by atoms with Crippen molar-refractivity contribution in [2.75, 3.05) is 17.1 Å². The highest BCUT2D eigenvalue weighted by atomic mass is 35.5. The zero-order chi connectivity index (χ0) is 30.3. The molecule has 0 radical (unpaired) electrons. The minimum atomic E-state index is -3.97. The molecule has 0 saturated heterocycles. The van der Waals surface area contributed by atoms with Gasteiger partial charge >= 0.3 is 0 Å². The smallest absolute Gasteiger partial charge is 0.244 e. The van der Waals surface area contributed by atoms with E-state index >= 15 is 0 Å². The van der Waals surface area contributed by atoms with Crippen LogP contribution in [0.1, 0.15) is 43.2 Å². The summed E-state index contributed by atoms with van der Waals surface area (Å²) < 4.78 is 26.9. The molecule has 0 spiro atoms. The molecule has 224 valence electrons. The predicted molar refractivity (Wildman–Crippen MR) is 170 cm³/mol. The summed E-state index contributed by atoms with van der Waals surface area (Å²) in [5, 5.41) is 4.04. The second-order valence-electron chi connectivity index (χ2n) is 10.6. The Bertz CT molecular complexity index is 1500. The molecule has 0 heterocycles. The molecule has 0 unspecified atom stereocenters. The van der Waals surface area contributed by atoms with E-state index in [1.54, 1.807) is 18.2 Å². The summed E-state index contributed by atoms with van der Waals surface area (Å²) >= 11 is 18.8. The van der Waals surface area contributed by atoms with Crippen LogP contribution in [0.5, 0.6) is 0 Å². The summed E-state index contributed by atoms with van der Waals surface area (Å²) in [6.45, 7) is -0.544. The number of carbonyl (C=O) groups excluding carboxylic acids is 2. The van der Waals surface area contributed by atoms with Crippen LogP contribution in [0.4, 0.5) is 5.69 Å². The third kappa shape index (κ3) is 8.86. The van der Waals surface area contributed by atoms with Crippen LogP contribution in [0.15, 0.2) is 72.8 Å². The van der Waals surface area contributed by atoms with Crippen LogP contribution >= 0.6 is 34.8 Å². The van der Waals surface area contributed by atoms with E-state index in [2.05, 4.69) is 5.32 Å². The minimum absolute atomic E-state index is 0.0189. The standard InChI is InChI=1S/C31H34Cl3N3O4S/c1-42(40,41)37(28-19-25(33)15-16-27(28)34)21-30(38)36(20-23-11-8-12-24(32)17-23)29(18-22-9-4-2-5-10-22)31(39)35-26-13-6-3-7-14-26/h2,4-5,8-12,15-17,19,26,29H,3,6-7,13-14,18,20-21H2,1H3,(H,35,39)/t29-/m1/s1. The van der Waals surface area contributed by atoms with Crippen molar-refractivity contribution in [3.05, 3.63) is 99.0 Å². The fraction of sp³-hybridized carbons (Fsp3) is 0.355. The van der Waals surface area contributed by atoms with Crippen molar-refractivity contribution in [2.24, 2.45) is 0 Å². The number of hydrogen-bond acceptors (Lipinski definition) is 4. The van der Waals surface area contributed by atoms with Crippen LogP contribution in [0.2, 0.25) is 15.1 Å². The molecule has 4 rings (SSSR count). The molecule has 0 aromatic heterocycles. The second-order valence-corrected chi connectivity index (χ2v) is 13.8. The number of carbonyl (C=O) groups is 2. The van der Waals surface area contributed by atoms with Crippen molar-refractivity contribution >= 4 is 62.3 Å². The van der Waals surface area contributed by atoms with Crippen LogP contribution < -0.4 is 9.62 Å². The van der Waals surface area contributed by atoms with Crippen LogP contribution in [0.3, 0.4) is 0 Å². The van der Waals surface area contributed by atoms with Crippen molar-refractivity contribution in [2.45, 2.75) is 57.2 Å². The van der Waals surface area contributed by atoms with Gasteiger partial charge in [0.05, 0.1) is 17.0 Å². The van der Waals surface area contributed by atoms with Crippen LogP contribution in [0.25, 0.3) is 0 Å². The van der Waals surface area contributed by atoms with E-state index in [0.29, 0.717) is 10.6 Å². The summed E-state index contributed by atoms with van der Waals surface area (Å²) in [4.78, 5) is 29.6. The molecule has 3 aromatic rings. The zero-order valence-electron chi connectivity index (χ0n) is 23.3. The second kappa shape index (κ2) is 14.6. The lowest BCUT2D eigenvalue weighted by Gasteiger charge is -2.35. The largest absolute Gasteiger partial charge is 0.352 e. The summed E-state index contributed by atoms with van der Waals surface area (Å²) in [5.74, 6) is -0.857. The van der Waals surface area contributed by atoms with E-state index in [1.807, 2.05) is 36.4 Å². The van der Waals surface area contributed by atoms with E-state index in [-0.39, 0.29) is 40.6 Å². The summed E-state index contributed by atoms with van der Waals surface area (Å²) in [7, 11) is -3.97. The first-order valence-corrected chi connectivity index (χ1v) is 16.8. The lowest BCUT2D eigenvalue weighted by Crippen LogP contribution is -2.55. The van der Waals surface area contributed by atoms with Gasteiger partial charge in [-0.1, -0.05) is 96.5 Å². The fourth-order valence-electron chi connectivity index (χ4n) is 5.20. The lowest BCUT2D eigenvalue weighted by atomic mass is 9.94. The highest BCUT2D eigenvalue weighted by molar-refractivity contribution is 7.92. The third-order valence-corrected chi connectivity index (χ3v) is 9.24. The van der Waals surface area contributed by atoms with Crippen LogP contribution in [0, 0.1) is 0 Å². The fourth-order valence-corrected chi connectivity index (χ4v) is 6.70. The van der Waals surface area contributed by atoms with E-state index in [9.17, 15) is 18.0 Å². The van der Waals surface area contributed by atoms with Gasteiger partial charge in [0, 0.05) is 29.1 Å². The number of benzene rings is 3. The van der Waals surface area contributed by atoms with Gasteiger partial charge in [-0.3, -0.25) is 13.9 Å². The molecule has 1 fully saturated rings. The van der Waals surface area contributed by atoms with Crippen LogP contribution in [-0.4, -0.2) is 50.0 Å². The van der Waals surface area contributed by atoms with Crippen molar-refractivity contribution in [1.82, 2.24) is 10.2 Å². The number of hydrogen-bond donors (Lipinski definition) is 1. The van der Waals surface area contributed by atoms with Crippen molar-refractivity contribution in [1.29, 1.82) is 0 Å². The van der Waals surface area contributed by atoms with Crippen molar-refractivity contribution in [3.63, 3.8) is 0 Å². The molecule has 11 heteroatoms. The molecule has 0 bridgehead atoms. The average Bonchev–Trinajstić information content (AvgIpc) is 2.95. The van der Waals surface area contributed by atoms with E-state index in [0.717, 1.165) is 48.2 Å². The maximum Gasteiger partial charge on any atom is 0.244 e. The predicted octanol–water partition coefficient (Wildman–Crippen LogP) is 6.50. The Morgan fingerprint density at radius 1 is 0.881 bits per heavy atom. The quantitative estimate of drug-likeness (QED) is 0.257. The maximum atomic E-state index is 14.2. The number of nitrogens with one attached hydrogen (secondary N) is 1. The molecule has 0 aliphatic heterocycles. The van der Waals surface area contributed by atoms with Gasteiger partial charge in [-0.2, -0.15) is 0 Å². The molecule has 7 nitrogen and oxygen atoms in total. The Labute approximate surface area is 262 Å². The molecule has 1 N–H and O–H groups in total. The monoisotopic (exact) mass is 649 g/mol. The highest BCUT2D eigenvalue weighted by Gasteiger charge is 2.34. The number of sulfonamides is 1. The Hall–Kier alpha value is -2.78. The first-order valence-electron chi connectivity index (χ1n) is 13.8. The van der Waals surface area contributed by atoms with Gasteiger partial charge in [-0.25, -0.2) is 8.42 Å². The van der Waals surface area contributed by atoms with Crippen LogP contribution in [-0.2, 0) is 32.6 Å². The first kappa shape index (κ1) is 32.1. The number of anilines is 1. The lowest BCUT2D eigenvalue weighted by molar-refractivity contribution is -0.140. The zero-order valence-corrected chi connectivity index (χ0v) is 26.4. The van der Waals surface area contributed by atoms with E-state index < -0.39 is 28.5 Å². The topological polar surface area (TPSA) is 86.8 Å². The number of halogens is 3. The molecular formula is C31H34Cl3N3O4S. The number of amides is 2. The van der Waals surface area contributed by atoms with Crippen molar-refractivity contribution < 1.29 is 18.0 Å². The van der Waals surface area contributed by atoms with E-state index in [4.69, 9.17) is 34.8 Å². The number of rotatable bonds is 11. The molecule has 1 saturated carbocycles. The normalized spacial score (nSPS) is 14.7. The molecule has 1 atom stereocenters. The first-order chi connectivity index (χ1) is 20.0. The van der Waals surface area contributed by atoms with Gasteiger partial charge in [-0.15, -0.1) is 0 Å². The Morgan fingerprint density at radius 2 is 1.55 bits per heavy atom. The van der Waals surface area contributed by atoms with Gasteiger partial charge in [0.15, 0.2) is 0 Å². The summed E-state index contributed by atoms with van der Waals surface area (Å²) in [5.41, 5.74) is 1.64. The summed E-state index contributed by atoms with van der Waals surface area (Å²) in [6.07, 6.45) is 6.18. The van der Waals surface area contributed by atoms with Crippen molar-refractivity contribution in [3.8, 4) is 0 Å². The Kier molecular flexibility index (Phi) is 11.2. The molecule has 3 aromatic carbocycles. The average molecular weight is 651 g/mol. The minimum Gasteiger partial charge on any atom is -0.352 e. The Balaban J connectivity index is 1.74. The maximum absolute atomic E-state index is 14.2. The van der Waals surface area contributed by atoms with Gasteiger partial charge in [-0.05, 0) is 54.3 Å². The molecule has 42 heavy (non-hydrogen) atoms. The Morgan fingerprint density at radius 3 is 2.21 bits per heavy atom. The highest BCUT2D eigenvalue weighted by Crippen LogP contribution is 2.31. The SMILES string of the molecule is CS(=O)(=O)N(CC(=O)N(Cc1cccc(Cl)c1)[C@H](Cc1ccccc1)C(=O)NC1CCCCC1)c1cc(Cl)ccc1Cl. The summed E-state index contributed by atoms with van der Waals surface area (Å²) in [6, 6.07) is 20.0. The molecule has 1 aliphatic rings. The molecular weight excluding hydrogens is 617 g/mol. The van der Waals surface area contributed by atoms with Gasteiger partial charge in [0.2, 0.25) is 21.8 Å². The molecule has 1 aliphatic carbocycles. The van der Waals surface area contributed by atoms with Gasteiger partial charge in [0.1, 0.15) is 12.6 Å². The number of nitrogens with zero attached hydrogens (tertiary/aromatic N) is 2. The van der Waals surface area contributed by atoms with E-state index in [1.165, 1.54) is 23.1 Å².